The first-order valence-corrected chi connectivity index (χ1v) is 19.9. The van der Waals surface area contributed by atoms with E-state index in [1.165, 1.54) is 23.2 Å². The van der Waals surface area contributed by atoms with E-state index in [0.717, 1.165) is 5.56 Å². The zero-order valence-electron chi connectivity index (χ0n) is 33.0. The molecular formula is C42H55N9O7. The number of hydrogen-bond acceptors (Lipinski definition) is 10. The van der Waals surface area contributed by atoms with Crippen molar-refractivity contribution in [2.75, 3.05) is 26.2 Å². The largest absolute Gasteiger partial charge is 0.505 e. The fraction of sp³-hybridized carbons (Fsp3) is 0.452. The Kier molecular flexibility index (Phi) is 15.7. The Labute approximate surface area is 338 Å². The molecule has 16 heteroatoms. The number of benzene rings is 2. The van der Waals surface area contributed by atoms with Gasteiger partial charge in [-0.15, -0.1) is 0 Å². The predicted octanol–water partition coefficient (Wildman–Crippen LogP) is 0.819. The highest BCUT2D eigenvalue weighted by Gasteiger charge is 2.40. The molecule has 2 aromatic carbocycles. The summed E-state index contributed by atoms with van der Waals surface area (Å²) in [6.07, 6.45) is 3.70. The van der Waals surface area contributed by atoms with Gasteiger partial charge in [0, 0.05) is 38.3 Å². The van der Waals surface area contributed by atoms with Crippen LogP contribution in [0.25, 0.3) is 0 Å². The second-order valence-corrected chi connectivity index (χ2v) is 15.2. The first-order chi connectivity index (χ1) is 27.9. The lowest BCUT2D eigenvalue weighted by molar-refractivity contribution is -0.142. The minimum Gasteiger partial charge on any atom is -0.505 e. The SMILES string of the molecule is CC(C)CC1NCC(CCCN)NC(=O)C(NC(=O)c2ncccc2O)CNC(=O)C(c2ccccc2)NC(=O)C2CCCN2C(=O)C(Cc2ccccc2)NC1=O. The summed E-state index contributed by atoms with van der Waals surface area (Å²) < 4.78 is 0. The van der Waals surface area contributed by atoms with Crippen LogP contribution in [-0.4, -0.2) is 107 Å². The smallest absolute Gasteiger partial charge is 0.274 e. The van der Waals surface area contributed by atoms with Gasteiger partial charge in [0.25, 0.3) is 5.91 Å². The number of aromatic hydroxyl groups is 1. The molecule has 3 aromatic rings. The number of hydrogen-bond donors (Lipinski definition) is 8. The van der Waals surface area contributed by atoms with E-state index in [-0.39, 0.29) is 31.1 Å². The summed E-state index contributed by atoms with van der Waals surface area (Å²) in [4.78, 5) is 89.8. The van der Waals surface area contributed by atoms with Gasteiger partial charge in [0.1, 0.15) is 29.9 Å². The van der Waals surface area contributed by atoms with Crippen molar-refractivity contribution >= 4 is 35.4 Å². The molecule has 9 N–H and O–H groups in total. The van der Waals surface area contributed by atoms with Crippen LogP contribution in [0.5, 0.6) is 5.75 Å². The molecule has 0 aliphatic carbocycles. The van der Waals surface area contributed by atoms with E-state index in [0.29, 0.717) is 44.2 Å². The minimum absolute atomic E-state index is 0.0700. The molecule has 2 fully saturated rings. The first kappa shape index (κ1) is 43.3. The van der Waals surface area contributed by atoms with E-state index in [1.54, 1.807) is 30.3 Å². The Bertz CT molecular complexity index is 1880. The Morgan fingerprint density at radius 2 is 1.60 bits per heavy atom. The van der Waals surface area contributed by atoms with Gasteiger partial charge in [0.05, 0.1) is 6.04 Å². The lowest BCUT2D eigenvalue weighted by Gasteiger charge is -2.31. The van der Waals surface area contributed by atoms with Gasteiger partial charge in [0.2, 0.25) is 29.5 Å². The average molecular weight is 798 g/mol. The summed E-state index contributed by atoms with van der Waals surface area (Å²) in [6, 6.07) is 14.6. The highest BCUT2D eigenvalue weighted by molar-refractivity contribution is 5.99. The maximum Gasteiger partial charge on any atom is 0.274 e. The van der Waals surface area contributed by atoms with E-state index in [1.807, 2.05) is 44.2 Å². The number of aromatic nitrogens is 1. The summed E-state index contributed by atoms with van der Waals surface area (Å²) >= 11 is 0. The third kappa shape index (κ3) is 11.8. The number of nitrogens with two attached hydrogens (primary N) is 1. The standard InChI is InChI=1S/C42H55N9O7/c1-26(2)22-30-37(53)48-31(23-27-12-5-3-6-13-27)42(58)51-21-11-17-33(51)39(55)50-35(28-14-7-4-8-15-28)40(56)46-25-32(38(54)47-29(24-45-30)16-9-19-43)49-41(57)36-34(52)18-10-20-44-36/h3-8,10,12-15,18,20,26,29-33,35,45,52H,9,11,16-17,19,21-25,43H2,1-2H3,(H,46,56)(H,47,54)(H,48,53)(H,49,57)(H,50,55). The summed E-state index contributed by atoms with van der Waals surface area (Å²) in [5.41, 5.74) is 6.80. The van der Waals surface area contributed by atoms with Crippen molar-refractivity contribution in [1.82, 2.24) is 41.8 Å². The molecule has 58 heavy (non-hydrogen) atoms. The minimum atomic E-state index is -1.37. The Hall–Kier alpha value is -5.87. The Morgan fingerprint density at radius 1 is 0.879 bits per heavy atom. The molecule has 0 spiro atoms. The molecule has 5 rings (SSSR count). The molecule has 3 heterocycles. The molecule has 6 unspecified atom stereocenters. The number of amides is 6. The zero-order chi connectivity index (χ0) is 41.6. The van der Waals surface area contributed by atoms with Crippen molar-refractivity contribution < 1.29 is 33.9 Å². The fourth-order valence-corrected chi connectivity index (χ4v) is 7.25. The molecular weight excluding hydrogens is 743 g/mol. The normalized spacial score (nSPS) is 24.0. The second-order valence-electron chi connectivity index (χ2n) is 15.2. The van der Waals surface area contributed by atoms with Crippen LogP contribution in [0, 0.1) is 5.92 Å². The number of nitrogens with zero attached hydrogens (tertiary/aromatic N) is 2. The van der Waals surface area contributed by atoms with Crippen LogP contribution in [0.15, 0.2) is 79.0 Å². The van der Waals surface area contributed by atoms with E-state index in [9.17, 15) is 33.9 Å². The summed E-state index contributed by atoms with van der Waals surface area (Å²) in [5.74, 6) is -3.92. The molecule has 6 amide bonds. The first-order valence-electron chi connectivity index (χ1n) is 19.9. The van der Waals surface area contributed by atoms with Gasteiger partial charge >= 0.3 is 0 Å². The molecule has 2 aliphatic heterocycles. The van der Waals surface area contributed by atoms with Crippen molar-refractivity contribution in [3.05, 3.63) is 95.8 Å². The van der Waals surface area contributed by atoms with Crippen molar-refractivity contribution in [1.29, 1.82) is 0 Å². The second kappa shape index (κ2) is 21.0. The average Bonchev–Trinajstić information content (AvgIpc) is 3.72. The van der Waals surface area contributed by atoms with Crippen molar-refractivity contribution in [2.45, 2.75) is 88.6 Å². The predicted molar refractivity (Wildman–Crippen MR) is 216 cm³/mol. The van der Waals surface area contributed by atoms with Crippen LogP contribution >= 0.6 is 0 Å². The molecule has 0 bridgehead atoms. The summed E-state index contributed by atoms with van der Waals surface area (Å²) in [7, 11) is 0. The number of carbonyl (C=O) groups is 6. The Morgan fingerprint density at radius 3 is 2.29 bits per heavy atom. The third-order valence-corrected chi connectivity index (χ3v) is 10.3. The van der Waals surface area contributed by atoms with Gasteiger partial charge in [-0.3, -0.25) is 28.8 Å². The van der Waals surface area contributed by atoms with Crippen LogP contribution in [0.2, 0.25) is 0 Å². The van der Waals surface area contributed by atoms with Crippen molar-refractivity contribution in [2.24, 2.45) is 11.7 Å². The van der Waals surface area contributed by atoms with Crippen molar-refractivity contribution in [3.63, 3.8) is 0 Å². The van der Waals surface area contributed by atoms with Gasteiger partial charge < -0.3 is 47.6 Å². The number of nitrogens with one attached hydrogen (secondary N) is 6. The van der Waals surface area contributed by atoms with Crippen LogP contribution < -0.4 is 37.6 Å². The Balaban J connectivity index is 1.53. The lowest BCUT2D eigenvalue weighted by atomic mass is 10.00. The summed E-state index contributed by atoms with van der Waals surface area (Å²) in [5, 5.41) is 27.7. The molecule has 310 valence electrons. The van der Waals surface area contributed by atoms with E-state index >= 15 is 0 Å². The summed E-state index contributed by atoms with van der Waals surface area (Å²) in [6.45, 7) is 4.27. The van der Waals surface area contributed by atoms with Crippen LogP contribution in [0.1, 0.15) is 73.6 Å². The quantitative estimate of drug-likeness (QED) is 0.144. The van der Waals surface area contributed by atoms with Gasteiger partial charge in [-0.2, -0.15) is 0 Å². The number of rotatable bonds is 10. The highest BCUT2D eigenvalue weighted by atomic mass is 16.3. The molecule has 2 saturated heterocycles. The van der Waals surface area contributed by atoms with Gasteiger partial charge in [-0.05, 0) is 67.8 Å². The maximum absolute atomic E-state index is 14.5. The highest BCUT2D eigenvalue weighted by Crippen LogP contribution is 2.23. The molecule has 2 aliphatic rings. The van der Waals surface area contributed by atoms with Gasteiger partial charge in [-0.1, -0.05) is 74.5 Å². The zero-order valence-corrected chi connectivity index (χ0v) is 33.0. The number of carbonyl (C=O) groups excluding carboxylic acids is 6. The fourth-order valence-electron chi connectivity index (χ4n) is 7.25. The molecule has 6 atom stereocenters. The molecule has 0 radical (unpaired) electrons. The number of fused-ring (bicyclic) bond motifs is 1. The van der Waals surface area contributed by atoms with Gasteiger partial charge in [-0.25, -0.2) is 4.98 Å². The topological polar surface area (TPSA) is 237 Å². The van der Waals surface area contributed by atoms with Gasteiger partial charge in [0.15, 0.2) is 5.69 Å². The molecule has 16 nitrogen and oxygen atoms in total. The molecule has 0 saturated carbocycles. The van der Waals surface area contributed by atoms with Crippen molar-refractivity contribution in [3.8, 4) is 5.75 Å². The molecule has 1 aromatic heterocycles. The van der Waals surface area contributed by atoms with E-state index in [2.05, 4.69) is 36.9 Å². The van der Waals surface area contributed by atoms with Crippen LogP contribution in [0.4, 0.5) is 0 Å². The van der Waals surface area contributed by atoms with E-state index in [4.69, 9.17) is 5.73 Å². The monoisotopic (exact) mass is 797 g/mol. The van der Waals surface area contributed by atoms with Crippen LogP contribution in [0.3, 0.4) is 0 Å². The lowest BCUT2D eigenvalue weighted by Crippen LogP contribution is -2.58. The third-order valence-electron chi connectivity index (χ3n) is 10.3. The maximum atomic E-state index is 14.5. The number of pyridine rings is 1. The van der Waals surface area contributed by atoms with Crippen LogP contribution in [-0.2, 0) is 30.4 Å². The van der Waals surface area contributed by atoms with E-state index < -0.39 is 84.0 Å².